The number of aryl methyl sites for hydroxylation is 3. The second-order valence-electron chi connectivity index (χ2n) is 25.6. The van der Waals surface area contributed by atoms with Gasteiger partial charge in [-0.3, -0.25) is 19.2 Å². The molecule has 2 aromatic carbocycles. The number of rotatable bonds is 9. The van der Waals surface area contributed by atoms with Crippen LogP contribution < -0.4 is 22.5 Å². The van der Waals surface area contributed by atoms with Crippen molar-refractivity contribution in [2.45, 2.75) is 147 Å². The maximum absolute atomic E-state index is 13.3. The summed E-state index contributed by atoms with van der Waals surface area (Å²) in [6.07, 6.45) is 3.66. The average molecular weight is 1460 g/mol. The minimum Gasteiger partial charge on any atom is -0.399 e. The highest BCUT2D eigenvalue weighted by molar-refractivity contribution is 9.10. The minimum atomic E-state index is -4.51. The van der Waals surface area contributed by atoms with Gasteiger partial charge in [0.15, 0.2) is 16.1 Å². The van der Waals surface area contributed by atoms with E-state index >= 15 is 0 Å². The summed E-state index contributed by atoms with van der Waals surface area (Å²) in [6.45, 7) is 8.62. The highest BCUT2D eigenvalue weighted by Crippen LogP contribution is 2.43. The molecule has 3 aliphatic rings. The molecule has 0 saturated heterocycles. The standard InChI is InChI=1S/C25H31F3N6O2.C16H21ClN4O2.C9H11F3N2.C9H15NO2.C7H5BrClN3/c1-14(17-9-18(25(26,27)28)11-20(29)10-17)30-22-21-12-19(13-34(21)32-15(2)31-22)24(36)7-5-16(6-8-24)23(35)33(3)4;1-10-18-14(17)13-8-12(9-21(13)19-10)16(23)6-4-11(5-7-16)15(22)20(2)3;1-5(13)6-2-7(9(10,11)12)4-8(14)3-6;1-10(2)9(12)7-3-5-8(11)6-4-7;1-4-10-7(9)6-2-5(8)3-12(6)11-4/h9-14,16,36H,5-8,29H2,1-4H3,(H,30,31,32);8-9,11,23H,4-7H2,1-3H3;2-5H,13-14H2,1H3;7H,3-6H2,1-2H3;2-3H,1H3/t14-,16?,24?;;5-;;/m1.1../s1. The Bertz CT molecular complexity index is 4110. The van der Waals surface area contributed by atoms with Gasteiger partial charge in [-0.15, -0.1) is 0 Å². The van der Waals surface area contributed by atoms with Gasteiger partial charge in [-0.2, -0.15) is 41.6 Å². The molecule has 31 heteroatoms. The molecule has 3 aliphatic carbocycles. The number of carbonyl (C=O) groups excluding carboxylic acids is 4. The quantitative estimate of drug-likeness (QED) is 0.0578. The molecular formula is C66H83BrCl2F6N16O6. The van der Waals surface area contributed by atoms with E-state index in [0.717, 1.165) is 52.7 Å². The molecule has 526 valence electrons. The molecule has 3 fully saturated rings. The molecule has 6 heterocycles. The van der Waals surface area contributed by atoms with Crippen molar-refractivity contribution >= 4 is 96.4 Å². The lowest BCUT2D eigenvalue weighted by molar-refractivity contribution is -0.138. The van der Waals surface area contributed by atoms with Crippen molar-refractivity contribution in [3.63, 3.8) is 0 Å². The lowest BCUT2D eigenvalue weighted by Gasteiger charge is -2.35. The smallest absolute Gasteiger partial charge is 0.399 e. The molecule has 0 bridgehead atoms. The van der Waals surface area contributed by atoms with Crippen molar-refractivity contribution in [1.82, 2.24) is 58.5 Å². The van der Waals surface area contributed by atoms with E-state index in [1.54, 1.807) is 117 Å². The Kier molecular flexibility index (Phi) is 24.8. The molecule has 0 aliphatic heterocycles. The topological polar surface area (TPSA) is 299 Å². The van der Waals surface area contributed by atoms with E-state index in [1.807, 2.05) is 24.5 Å². The summed E-state index contributed by atoms with van der Waals surface area (Å²) in [4.78, 5) is 64.1. The Balaban J connectivity index is 0.000000185. The summed E-state index contributed by atoms with van der Waals surface area (Å²) >= 11 is 15.4. The molecule has 8 aromatic rings. The molecule has 2 atom stereocenters. The van der Waals surface area contributed by atoms with Crippen LogP contribution in [0, 0.1) is 38.5 Å². The van der Waals surface area contributed by atoms with Crippen LogP contribution in [0.15, 0.2) is 77.7 Å². The summed E-state index contributed by atoms with van der Waals surface area (Å²) in [6, 6.07) is 11.3. The van der Waals surface area contributed by atoms with Crippen molar-refractivity contribution in [1.29, 1.82) is 0 Å². The number of nitrogens with one attached hydrogen (secondary N) is 1. The number of halogens is 9. The number of ketones is 1. The number of benzene rings is 2. The molecule has 22 nitrogen and oxygen atoms in total. The van der Waals surface area contributed by atoms with Crippen molar-refractivity contribution in [3.05, 3.63) is 139 Å². The van der Waals surface area contributed by atoms with Gasteiger partial charge in [0, 0.05) is 124 Å². The van der Waals surface area contributed by atoms with Gasteiger partial charge in [0.1, 0.15) is 39.8 Å². The second kappa shape index (κ2) is 31.4. The summed E-state index contributed by atoms with van der Waals surface area (Å²) in [5.74, 6) is 2.78. The minimum absolute atomic E-state index is 0.00655. The number of aliphatic hydroxyl groups is 2. The highest BCUT2D eigenvalue weighted by atomic mass is 79.9. The van der Waals surface area contributed by atoms with Crippen molar-refractivity contribution in [2.75, 3.05) is 59.1 Å². The Morgan fingerprint density at radius 3 is 1.35 bits per heavy atom. The van der Waals surface area contributed by atoms with Gasteiger partial charge >= 0.3 is 12.4 Å². The van der Waals surface area contributed by atoms with Gasteiger partial charge in [-0.1, -0.05) is 23.2 Å². The third kappa shape index (κ3) is 19.8. The highest BCUT2D eigenvalue weighted by Gasteiger charge is 2.41. The summed E-state index contributed by atoms with van der Waals surface area (Å²) in [5.41, 5.74) is 17.3. The Hall–Kier alpha value is -7.70. The van der Waals surface area contributed by atoms with Crippen LogP contribution in [0.1, 0.15) is 154 Å². The molecule has 0 radical (unpaired) electrons. The number of nitrogens with two attached hydrogens (primary N) is 3. The van der Waals surface area contributed by atoms with Crippen LogP contribution in [0.4, 0.5) is 43.5 Å². The Morgan fingerprint density at radius 1 is 0.577 bits per heavy atom. The van der Waals surface area contributed by atoms with Gasteiger partial charge in [0.25, 0.3) is 0 Å². The fourth-order valence-electron chi connectivity index (χ4n) is 11.9. The number of nitrogens with zero attached hydrogens (tertiary/aromatic N) is 12. The molecular weight excluding hydrogens is 1380 g/mol. The zero-order valence-corrected chi connectivity index (χ0v) is 58.9. The van der Waals surface area contributed by atoms with Crippen molar-refractivity contribution in [3.8, 4) is 0 Å². The Labute approximate surface area is 576 Å². The first-order chi connectivity index (χ1) is 45.1. The van der Waals surface area contributed by atoms with E-state index in [2.05, 4.69) is 51.5 Å². The van der Waals surface area contributed by atoms with Crippen LogP contribution in [0.3, 0.4) is 0 Å². The first-order valence-corrected chi connectivity index (χ1v) is 32.9. The van der Waals surface area contributed by atoms with Gasteiger partial charge in [0.2, 0.25) is 17.7 Å². The lowest BCUT2D eigenvalue weighted by Crippen LogP contribution is -2.37. The monoisotopic (exact) mass is 1460 g/mol. The van der Waals surface area contributed by atoms with Crippen LogP contribution in [0.2, 0.25) is 10.3 Å². The zero-order chi connectivity index (χ0) is 72.0. The third-order valence-corrected chi connectivity index (χ3v) is 18.2. The largest absolute Gasteiger partial charge is 0.416 e. The number of fused-ring (bicyclic) bond motifs is 3. The lowest BCUT2D eigenvalue weighted by atomic mass is 9.75. The number of hydrogen-bond acceptors (Lipinski definition) is 16. The van der Waals surface area contributed by atoms with Crippen LogP contribution in [0.25, 0.3) is 16.6 Å². The molecule has 11 rings (SSSR count). The maximum Gasteiger partial charge on any atom is 0.416 e. The molecule has 0 unspecified atom stereocenters. The fraction of sp³-hybridized carbons (Fsp3) is 0.485. The van der Waals surface area contributed by atoms with E-state index in [1.165, 1.54) is 12.1 Å². The molecule has 0 spiro atoms. The number of alkyl halides is 6. The number of nitrogen functional groups attached to an aromatic ring is 2. The molecule has 6 aromatic heterocycles. The van der Waals surface area contributed by atoms with Crippen LogP contribution >= 0.6 is 39.1 Å². The maximum atomic E-state index is 13.3. The second-order valence-corrected chi connectivity index (χ2v) is 27.2. The average Bonchev–Trinajstić information content (AvgIpc) is 1.64. The first kappa shape index (κ1) is 76.7. The predicted molar refractivity (Wildman–Crippen MR) is 362 cm³/mol. The molecule has 97 heavy (non-hydrogen) atoms. The zero-order valence-electron chi connectivity index (χ0n) is 55.8. The van der Waals surface area contributed by atoms with E-state index in [9.17, 15) is 55.7 Å². The van der Waals surface area contributed by atoms with Gasteiger partial charge in [0.05, 0.1) is 28.4 Å². The van der Waals surface area contributed by atoms with E-state index in [4.69, 9.17) is 40.4 Å². The predicted octanol–water partition coefficient (Wildman–Crippen LogP) is 12.0. The summed E-state index contributed by atoms with van der Waals surface area (Å²) < 4.78 is 82.7. The number of carbonyl (C=O) groups is 4. The first-order valence-electron chi connectivity index (χ1n) is 31.3. The number of Topliss-reactive ketones (excluding diaryl/α,β-unsaturated/α-hetero) is 1. The molecule has 9 N–H and O–H groups in total. The Morgan fingerprint density at radius 2 is 0.938 bits per heavy atom. The number of hydrogen-bond donors (Lipinski definition) is 6. The summed E-state index contributed by atoms with van der Waals surface area (Å²) in [5, 5.41) is 39.3. The van der Waals surface area contributed by atoms with Crippen LogP contribution in [-0.2, 0) is 42.7 Å². The summed E-state index contributed by atoms with van der Waals surface area (Å²) in [7, 11) is 10.5. The van der Waals surface area contributed by atoms with Gasteiger partial charge in [-0.05, 0) is 180 Å². The van der Waals surface area contributed by atoms with E-state index in [0.29, 0.717) is 131 Å². The molecule has 3 amide bonds. The molecule has 3 saturated carbocycles. The number of anilines is 3. The number of amides is 3. The van der Waals surface area contributed by atoms with E-state index in [-0.39, 0.29) is 46.9 Å². The third-order valence-electron chi connectivity index (χ3n) is 17.2. The van der Waals surface area contributed by atoms with Crippen molar-refractivity contribution < 1.29 is 55.7 Å². The fourth-order valence-corrected chi connectivity index (χ4v) is 12.8. The van der Waals surface area contributed by atoms with Gasteiger partial charge < -0.3 is 47.4 Å². The van der Waals surface area contributed by atoms with Crippen LogP contribution in [-0.4, -0.2) is 134 Å². The van der Waals surface area contributed by atoms with E-state index < -0.39 is 46.8 Å². The normalized spacial score (nSPS) is 19.6. The van der Waals surface area contributed by atoms with Crippen LogP contribution in [0.5, 0.6) is 0 Å². The number of aromatic nitrogens is 9. The van der Waals surface area contributed by atoms with Crippen molar-refractivity contribution in [2.24, 2.45) is 23.5 Å². The van der Waals surface area contributed by atoms with Gasteiger partial charge in [-0.25, -0.2) is 28.5 Å². The SMILES string of the molecule is CN(C)C(=O)C1CCC(=O)CC1.C[C@@H](N)c1cc(N)cc(C(F)(F)F)c1.Cc1nc(Cl)c2cc(Br)cn2n1.Cc1nc(Cl)c2cc(C3(O)CCC(C(=O)N(C)C)CC3)cn2n1.Cc1nc(N[C@H](C)c2cc(N)cc(C(F)(F)F)c2)c2cc(C3(O)CCC(C(=O)N(C)C)CC3)cn2n1.